The molecule has 0 aliphatic rings. The lowest BCUT2D eigenvalue weighted by Crippen LogP contribution is -2.08. The van der Waals surface area contributed by atoms with E-state index in [1.807, 2.05) is 18.2 Å². The fraction of sp³-hybridized carbons (Fsp3) is 0.278. The Kier molecular flexibility index (Phi) is 5.11. The van der Waals surface area contributed by atoms with Crippen molar-refractivity contribution in [3.63, 3.8) is 0 Å². The lowest BCUT2D eigenvalue weighted by molar-refractivity contribution is -0.138. The average Bonchev–Trinajstić information content (AvgIpc) is 2.55. The molecule has 1 unspecified atom stereocenters. The van der Waals surface area contributed by atoms with Crippen molar-refractivity contribution in [2.75, 3.05) is 20.0 Å². The standard InChI is InChI=1S/C18H21NO4/c1-11(18(20)21)12-5-7-17(23-3)14(8-12)9-13-4-6-15(22-2)10-16(13)19/h4-8,10-11H,9,19H2,1-3H3,(H,20,21). The van der Waals surface area contributed by atoms with Crippen molar-refractivity contribution in [1.82, 2.24) is 0 Å². The largest absolute Gasteiger partial charge is 0.497 e. The molecule has 0 saturated carbocycles. The topological polar surface area (TPSA) is 81.8 Å². The van der Waals surface area contributed by atoms with E-state index in [4.69, 9.17) is 15.2 Å². The number of benzene rings is 2. The number of rotatable bonds is 6. The van der Waals surface area contributed by atoms with Gasteiger partial charge in [0.15, 0.2) is 0 Å². The van der Waals surface area contributed by atoms with Gasteiger partial charge < -0.3 is 20.3 Å². The predicted molar refractivity (Wildman–Crippen MR) is 89.3 cm³/mol. The molecule has 0 aliphatic heterocycles. The van der Waals surface area contributed by atoms with Gasteiger partial charge in [-0.1, -0.05) is 18.2 Å². The third-order valence-electron chi connectivity index (χ3n) is 3.91. The van der Waals surface area contributed by atoms with Gasteiger partial charge >= 0.3 is 5.97 Å². The van der Waals surface area contributed by atoms with Crippen LogP contribution in [0.5, 0.6) is 11.5 Å². The van der Waals surface area contributed by atoms with Gasteiger partial charge in [-0.3, -0.25) is 4.79 Å². The lowest BCUT2D eigenvalue weighted by atomic mass is 9.95. The zero-order valence-electron chi connectivity index (χ0n) is 13.5. The Morgan fingerprint density at radius 2 is 1.87 bits per heavy atom. The van der Waals surface area contributed by atoms with Gasteiger partial charge in [-0.15, -0.1) is 0 Å². The highest BCUT2D eigenvalue weighted by Gasteiger charge is 2.16. The normalized spacial score (nSPS) is 11.8. The van der Waals surface area contributed by atoms with Crippen molar-refractivity contribution < 1.29 is 19.4 Å². The SMILES string of the molecule is COc1ccc(Cc2cc(C(C)C(=O)O)ccc2OC)c(N)c1. The van der Waals surface area contributed by atoms with Crippen LogP contribution in [0.2, 0.25) is 0 Å². The second kappa shape index (κ2) is 7.05. The second-order valence-electron chi connectivity index (χ2n) is 5.37. The molecule has 0 bridgehead atoms. The van der Waals surface area contributed by atoms with Crippen LogP contribution in [0.15, 0.2) is 36.4 Å². The summed E-state index contributed by atoms with van der Waals surface area (Å²) in [6.45, 7) is 1.66. The summed E-state index contributed by atoms with van der Waals surface area (Å²) in [5.74, 6) is -0.0222. The van der Waals surface area contributed by atoms with Crippen molar-refractivity contribution in [1.29, 1.82) is 0 Å². The number of nitrogen functional groups attached to an aromatic ring is 1. The number of hydrogen-bond acceptors (Lipinski definition) is 4. The van der Waals surface area contributed by atoms with E-state index in [-0.39, 0.29) is 0 Å². The van der Waals surface area contributed by atoms with Crippen LogP contribution in [0.1, 0.15) is 29.5 Å². The van der Waals surface area contributed by atoms with Crippen LogP contribution in [0.4, 0.5) is 5.69 Å². The highest BCUT2D eigenvalue weighted by Crippen LogP contribution is 2.29. The summed E-state index contributed by atoms with van der Waals surface area (Å²) in [7, 11) is 3.19. The van der Waals surface area contributed by atoms with E-state index < -0.39 is 11.9 Å². The Morgan fingerprint density at radius 1 is 1.13 bits per heavy atom. The molecule has 0 aromatic heterocycles. The van der Waals surface area contributed by atoms with Crippen LogP contribution in [0.3, 0.4) is 0 Å². The summed E-state index contributed by atoms with van der Waals surface area (Å²) in [4.78, 5) is 11.2. The Balaban J connectivity index is 2.37. The van der Waals surface area contributed by atoms with E-state index in [2.05, 4.69) is 0 Å². The number of methoxy groups -OCH3 is 2. The van der Waals surface area contributed by atoms with Gasteiger partial charge in [0, 0.05) is 18.2 Å². The van der Waals surface area contributed by atoms with E-state index in [1.54, 1.807) is 39.3 Å². The Labute approximate surface area is 135 Å². The molecular weight excluding hydrogens is 294 g/mol. The van der Waals surface area contributed by atoms with Crippen molar-refractivity contribution >= 4 is 11.7 Å². The summed E-state index contributed by atoms with van der Waals surface area (Å²) < 4.78 is 10.5. The average molecular weight is 315 g/mol. The molecule has 0 aliphatic carbocycles. The third-order valence-corrected chi connectivity index (χ3v) is 3.91. The summed E-state index contributed by atoms with van der Waals surface area (Å²) in [5, 5.41) is 9.18. The van der Waals surface area contributed by atoms with Crippen LogP contribution >= 0.6 is 0 Å². The molecule has 3 N–H and O–H groups in total. The van der Waals surface area contributed by atoms with E-state index in [9.17, 15) is 9.90 Å². The maximum absolute atomic E-state index is 11.2. The number of carbonyl (C=O) groups is 1. The number of carboxylic acids is 1. The van der Waals surface area contributed by atoms with E-state index >= 15 is 0 Å². The number of anilines is 1. The van der Waals surface area contributed by atoms with Gasteiger partial charge in [-0.2, -0.15) is 0 Å². The zero-order valence-corrected chi connectivity index (χ0v) is 13.5. The van der Waals surface area contributed by atoms with E-state index in [0.717, 1.165) is 16.7 Å². The first-order chi connectivity index (χ1) is 11.0. The molecule has 122 valence electrons. The Bertz CT molecular complexity index is 712. The molecule has 0 heterocycles. The summed E-state index contributed by atoms with van der Waals surface area (Å²) in [6, 6.07) is 11.0. The third kappa shape index (κ3) is 3.74. The number of aliphatic carboxylic acids is 1. The first-order valence-corrected chi connectivity index (χ1v) is 7.28. The molecular formula is C18H21NO4. The van der Waals surface area contributed by atoms with Gasteiger partial charge in [0.25, 0.3) is 0 Å². The molecule has 1 atom stereocenters. The Morgan fingerprint density at radius 3 is 2.43 bits per heavy atom. The first-order valence-electron chi connectivity index (χ1n) is 7.28. The van der Waals surface area contributed by atoms with Gasteiger partial charge in [-0.25, -0.2) is 0 Å². The molecule has 0 spiro atoms. The van der Waals surface area contributed by atoms with Crippen molar-refractivity contribution in [2.24, 2.45) is 0 Å². The number of ether oxygens (including phenoxy) is 2. The minimum absolute atomic E-state index is 0.555. The van der Waals surface area contributed by atoms with Gasteiger partial charge in [0.1, 0.15) is 11.5 Å². The van der Waals surface area contributed by atoms with Crippen LogP contribution in [-0.4, -0.2) is 25.3 Å². The molecule has 2 aromatic carbocycles. The maximum Gasteiger partial charge on any atom is 0.310 e. The monoisotopic (exact) mass is 315 g/mol. The summed E-state index contributed by atoms with van der Waals surface area (Å²) in [6.07, 6.45) is 0.555. The molecule has 0 amide bonds. The fourth-order valence-corrected chi connectivity index (χ4v) is 2.41. The van der Waals surface area contributed by atoms with Crippen molar-refractivity contribution in [3.05, 3.63) is 53.1 Å². The van der Waals surface area contributed by atoms with Gasteiger partial charge in [0.2, 0.25) is 0 Å². The molecule has 5 nitrogen and oxygen atoms in total. The first kappa shape index (κ1) is 16.7. The van der Waals surface area contributed by atoms with Crippen LogP contribution < -0.4 is 15.2 Å². The molecule has 23 heavy (non-hydrogen) atoms. The zero-order chi connectivity index (χ0) is 17.0. The molecule has 5 heteroatoms. The quantitative estimate of drug-likeness (QED) is 0.801. The predicted octanol–water partition coefficient (Wildman–Crippen LogP) is 3.06. The van der Waals surface area contributed by atoms with E-state index in [1.165, 1.54) is 0 Å². The minimum Gasteiger partial charge on any atom is -0.497 e. The molecule has 2 rings (SSSR count). The van der Waals surface area contributed by atoms with E-state index in [0.29, 0.717) is 23.6 Å². The van der Waals surface area contributed by atoms with Crippen LogP contribution in [0, 0.1) is 0 Å². The fourth-order valence-electron chi connectivity index (χ4n) is 2.41. The molecule has 2 aromatic rings. The summed E-state index contributed by atoms with van der Waals surface area (Å²) >= 11 is 0. The smallest absolute Gasteiger partial charge is 0.310 e. The number of carboxylic acid groups (broad SMARTS) is 1. The second-order valence-corrected chi connectivity index (χ2v) is 5.37. The van der Waals surface area contributed by atoms with Crippen molar-refractivity contribution in [2.45, 2.75) is 19.3 Å². The van der Waals surface area contributed by atoms with Crippen LogP contribution in [0.25, 0.3) is 0 Å². The molecule has 0 fully saturated rings. The minimum atomic E-state index is -0.856. The summed E-state index contributed by atoms with van der Waals surface area (Å²) in [5.41, 5.74) is 9.26. The van der Waals surface area contributed by atoms with Crippen molar-refractivity contribution in [3.8, 4) is 11.5 Å². The maximum atomic E-state index is 11.2. The number of nitrogens with two attached hydrogens (primary N) is 1. The number of hydrogen-bond donors (Lipinski definition) is 2. The Hall–Kier alpha value is -2.69. The van der Waals surface area contributed by atoms with Crippen LogP contribution in [-0.2, 0) is 11.2 Å². The molecule has 0 radical (unpaired) electrons. The molecule has 0 saturated heterocycles. The highest BCUT2D eigenvalue weighted by atomic mass is 16.5. The van der Waals surface area contributed by atoms with Gasteiger partial charge in [-0.05, 0) is 35.7 Å². The lowest BCUT2D eigenvalue weighted by Gasteiger charge is -2.14. The highest BCUT2D eigenvalue weighted by molar-refractivity contribution is 5.75. The van der Waals surface area contributed by atoms with Gasteiger partial charge in [0.05, 0.1) is 20.1 Å².